The van der Waals surface area contributed by atoms with Gasteiger partial charge in [-0.1, -0.05) is 30.3 Å². The summed E-state index contributed by atoms with van der Waals surface area (Å²) < 4.78 is 14.8. The molecule has 1 aromatic carbocycles. The third-order valence-electron chi connectivity index (χ3n) is 6.12. The van der Waals surface area contributed by atoms with E-state index in [4.69, 9.17) is 9.47 Å². The van der Waals surface area contributed by atoms with Crippen molar-refractivity contribution in [3.8, 4) is 5.75 Å². The zero-order valence-corrected chi connectivity index (χ0v) is 17.8. The highest BCUT2D eigenvalue weighted by molar-refractivity contribution is 14.1. The number of carbonyl (C=O) groups is 1. The summed E-state index contributed by atoms with van der Waals surface area (Å²) in [6.45, 7) is 3.54. The van der Waals surface area contributed by atoms with Gasteiger partial charge in [-0.3, -0.25) is 9.59 Å². The molecule has 2 atom stereocenters. The van der Waals surface area contributed by atoms with Gasteiger partial charge in [0.15, 0.2) is 17.2 Å². The second kappa shape index (κ2) is 6.59. The Morgan fingerprint density at radius 3 is 2.86 bits per heavy atom. The second-order valence-corrected chi connectivity index (χ2v) is 8.76. The van der Waals surface area contributed by atoms with E-state index >= 15 is 0 Å². The number of hydrogen-bond donors (Lipinski definition) is 0. The van der Waals surface area contributed by atoms with Crippen LogP contribution in [0.1, 0.15) is 47.6 Å². The molecule has 0 bridgehead atoms. The van der Waals surface area contributed by atoms with E-state index in [1.807, 2.05) is 41.8 Å². The first kappa shape index (κ1) is 18.2. The summed E-state index contributed by atoms with van der Waals surface area (Å²) >= 11 is 2.10. The molecule has 4 heterocycles. The predicted octanol–water partition coefficient (Wildman–Crippen LogP) is 3.11. The SMILES string of the molecule is CC12OCCCN1C(=O)c1c(OCc3ccccc3)c(=O)c(I)c3n1C2CC3. The Kier molecular flexibility index (Phi) is 4.28. The molecule has 3 aliphatic heterocycles. The Balaban J connectivity index is 1.66. The Hall–Kier alpha value is -1.87. The molecule has 1 fully saturated rings. The molecule has 7 heteroatoms. The van der Waals surface area contributed by atoms with Gasteiger partial charge in [-0.25, -0.2) is 0 Å². The van der Waals surface area contributed by atoms with Crippen LogP contribution < -0.4 is 10.2 Å². The van der Waals surface area contributed by atoms with Gasteiger partial charge in [0.1, 0.15) is 6.61 Å². The van der Waals surface area contributed by atoms with Crippen molar-refractivity contribution in [1.29, 1.82) is 0 Å². The normalized spacial score (nSPS) is 25.4. The van der Waals surface area contributed by atoms with Gasteiger partial charge in [0.25, 0.3) is 5.91 Å². The quantitative estimate of drug-likeness (QED) is 0.619. The van der Waals surface area contributed by atoms with Crippen molar-refractivity contribution in [2.75, 3.05) is 13.2 Å². The molecular formula is C21H21IN2O4. The van der Waals surface area contributed by atoms with E-state index in [0.717, 1.165) is 30.5 Å². The van der Waals surface area contributed by atoms with Crippen molar-refractivity contribution >= 4 is 28.5 Å². The van der Waals surface area contributed by atoms with E-state index in [-0.39, 0.29) is 29.7 Å². The van der Waals surface area contributed by atoms with Crippen molar-refractivity contribution < 1.29 is 14.3 Å². The van der Waals surface area contributed by atoms with Crippen LogP contribution in [0.25, 0.3) is 0 Å². The average molecular weight is 492 g/mol. The van der Waals surface area contributed by atoms with Crippen LogP contribution in [0, 0.1) is 3.57 Å². The Morgan fingerprint density at radius 2 is 2.07 bits per heavy atom. The van der Waals surface area contributed by atoms with E-state index in [1.165, 1.54) is 0 Å². The summed E-state index contributed by atoms with van der Waals surface area (Å²) in [6, 6.07) is 9.69. The first-order valence-electron chi connectivity index (χ1n) is 9.62. The van der Waals surface area contributed by atoms with Gasteiger partial charge in [0.05, 0.1) is 16.2 Å². The molecule has 0 N–H and O–H groups in total. The van der Waals surface area contributed by atoms with Crippen LogP contribution in [0.15, 0.2) is 35.1 Å². The summed E-state index contributed by atoms with van der Waals surface area (Å²) in [5.74, 6) is -0.000289. The van der Waals surface area contributed by atoms with Crippen molar-refractivity contribution in [2.24, 2.45) is 0 Å². The van der Waals surface area contributed by atoms with Crippen LogP contribution in [0.3, 0.4) is 0 Å². The van der Waals surface area contributed by atoms with Gasteiger partial charge < -0.3 is 18.9 Å². The summed E-state index contributed by atoms with van der Waals surface area (Å²) in [4.78, 5) is 28.4. The van der Waals surface area contributed by atoms with Crippen LogP contribution in [0.4, 0.5) is 0 Å². The molecule has 1 saturated heterocycles. The van der Waals surface area contributed by atoms with Crippen LogP contribution in [0.2, 0.25) is 0 Å². The number of aromatic nitrogens is 1. The lowest BCUT2D eigenvalue weighted by atomic mass is 9.95. The Labute approximate surface area is 176 Å². The van der Waals surface area contributed by atoms with Crippen LogP contribution in [-0.2, 0) is 17.8 Å². The van der Waals surface area contributed by atoms with Crippen molar-refractivity contribution in [3.63, 3.8) is 0 Å². The lowest BCUT2D eigenvalue weighted by Crippen LogP contribution is -2.63. The Bertz CT molecular complexity index is 1020. The van der Waals surface area contributed by atoms with Crippen molar-refractivity contribution in [2.45, 2.75) is 44.6 Å². The topological polar surface area (TPSA) is 60.8 Å². The summed E-state index contributed by atoms with van der Waals surface area (Å²) in [7, 11) is 0. The lowest BCUT2D eigenvalue weighted by Gasteiger charge is -2.52. The zero-order valence-electron chi connectivity index (χ0n) is 15.6. The highest BCUT2D eigenvalue weighted by Crippen LogP contribution is 2.47. The monoisotopic (exact) mass is 492 g/mol. The van der Waals surface area contributed by atoms with Gasteiger partial charge in [0, 0.05) is 12.2 Å². The van der Waals surface area contributed by atoms with Crippen molar-refractivity contribution in [3.05, 3.63) is 61.1 Å². The number of benzene rings is 1. The number of carbonyl (C=O) groups excluding carboxylic acids is 1. The fourth-order valence-electron chi connectivity index (χ4n) is 4.74. The third-order valence-corrected chi connectivity index (χ3v) is 7.23. The van der Waals surface area contributed by atoms with E-state index in [2.05, 4.69) is 22.6 Å². The van der Waals surface area contributed by atoms with Crippen molar-refractivity contribution in [1.82, 2.24) is 9.47 Å². The van der Waals surface area contributed by atoms with Crippen LogP contribution >= 0.6 is 22.6 Å². The molecule has 3 aliphatic rings. The standard InChI is InChI=1S/C21H21IN2O4/c1-21-15-9-8-14-16(22)18(25)19(27-12-13-6-3-2-4-7-13)17(24(14)15)20(26)23(21)10-5-11-28-21/h2-4,6-7,15H,5,8-12H2,1H3. The number of ether oxygens (including phenoxy) is 2. The molecule has 146 valence electrons. The number of fused-ring (bicyclic) bond motifs is 2. The molecule has 0 spiro atoms. The number of amides is 1. The molecular weight excluding hydrogens is 471 g/mol. The average Bonchev–Trinajstić information content (AvgIpc) is 3.16. The van der Waals surface area contributed by atoms with E-state index in [9.17, 15) is 9.59 Å². The van der Waals surface area contributed by atoms with Gasteiger partial charge in [-0.05, 0) is 54.3 Å². The fourth-order valence-corrected chi connectivity index (χ4v) is 5.52. The highest BCUT2D eigenvalue weighted by atomic mass is 127. The molecule has 2 unspecified atom stereocenters. The highest BCUT2D eigenvalue weighted by Gasteiger charge is 2.54. The van der Waals surface area contributed by atoms with Crippen LogP contribution in [-0.4, -0.2) is 34.3 Å². The van der Waals surface area contributed by atoms with E-state index in [0.29, 0.717) is 22.4 Å². The van der Waals surface area contributed by atoms with Gasteiger partial charge in [-0.15, -0.1) is 0 Å². The van der Waals surface area contributed by atoms with Gasteiger partial charge in [0.2, 0.25) is 5.43 Å². The minimum Gasteiger partial charge on any atom is -0.483 e. The van der Waals surface area contributed by atoms with E-state index in [1.54, 1.807) is 4.90 Å². The summed E-state index contributed by atoms with van der Waals surface area (Å²) in [5, 5.41) is 0. The minimum atomic E-state index is -0.664. The maximum atomic E-state index is 13.5. The summed E-state index contributed by atoms with van der Waals surface area (Å²) in [6.07, 6.45) is 2.42. The lowest BCUT2D eigenvalue weighted by molar-refractivity contribution is -0.186. The molecule has 5 rings (SSSR count). The summed E-state index contributed by atoms with van der Waals surface area (Å²) in [5.41, 5.74) is 1.43. The number of rotatable bonds is 3. The molecule has 1 aromatic heterocycles. The zero-order chi connectivity index (χ0) is 19.5. The van der Waals surface area contributed by atoms with Gasteiger partial charge in [-0.2, -0.15) is 0 Å². The fraction of sp³-hybridized carbons (Fsp3) is 0.429. The molecule has 0 aliphatic carbocycles. The molecule has 2 aromatic rings. The van der Waals surface area contributed by atoms with Crippen LogP contribution in [0.5, 0.6) is 5.75 Å². The molecule has 1 amide bonds. The number of nitrogens with zero attached hydrogens (tertiary/aromatic N) is 2. The number of halogens is 1. The predicted molar refractivity (Wildman–Crippen MR) is 112 cm³/mol. The first-order chi connectivity index (χ1) is 13.5. The largest absolute Gasteiger partial charge is 0.483 e. The number of hydrogen-bond acceptors (Lipinski definition) is 4. The molecule has 0 radical (unpaired) electrons. The molecule has 0 saturated carbocycles. The maximum Gasteiger partial charge on any atom is 0.276 e. The molecule has 6 nitrogen and oxygen atoms in total. The smallest absolute Gasteiger partial charge is 0.276 e. The van der Waals surface area contributed by atoms with E-state index < -0.39 is 5.72 Å². The maximum absolute atomic E-state index is 13.5. The number of pyridine rings is 1. The minimum absolute atomic E-state index is 0.00342. The van der Waals surface area contributed by atoms with Gasteiger partial charge >= 0.3 is 0 Å². The Morgan fingerprint density at radius 1 is 1.29 bits per heavy atom. The third kappa shape index (κ3) is 2.48. The molecule has 28 heavy (non-hydrogen) atoms. The first-order valence-corrected chi connectivity index (χ1v) is 10.7. The second-order valence-electron chi connectivity index (χ2n) is 7.68.